The first-order valence-electron chi connectivity index (χ1n) is 8.41. The summed E-state index contributed by atoms with van der Waals surface area (Å²) in [5.41, 5.74) is 0.302. The highest BCUT2D eigenvalue weighted by atomic mass is 15.2. The summed E-state index contributed by atoms with van der Waals surface area (Å²) in [6.07, 6.45) is 14.3. The van der Waals surface area contributed by atoms with E-state index in [0.29, 0.717) is 11.6 Å². The van der Waals surface area contributed by atoms with Crippen LogP contribution in [-0.4, -0.2) is 47.2 Å². The quantitative estimate of drug-likeness (QED) is 0.818. The molecule has 21 heavy (non-hydrogen) atoms. The van der Waals surface area contributed by atoms with Crippen molar-refractivity contribution >= 4 is 0 Å². The number of hydrogen-bond acceptors (Lipinski definition) is 3. The van der Waals surface area contributed by atoms with Gasteiger partial charge in [0.2, 0.25) is 0 Å². The van der Waals surface area contributed by atoms with Crippen LogP contribution in [0, 0.1) is 0 Å². The molecule has 1 N–H and O–H groups in total. The van der Waals surface area contributed by atoms with Crippen molar-refractivity contribution in [2.45, 2.75) is 62.9 Å². The molecule has 1 heterocycles. The average molecular weight is 292 g/mol. The zero-order valence-corrected chi connectivity index (χ0v) is 14.2. The molecule has 0 radical (unpaired) electrons. The van der Waals surface area contributed by atoms with E-state index in [2.05, 4.69) is 48.0 Å². The summed E-state index contributed by atoms with van der Waals surface area (Å²) < 4.78 is 2.14. The molecule has 1 fully saturated rings. The Balaban J connectivity index is 2.10. The van der Waals surface area contributed by atoms with Crippen molar-refractivity contribution in [2.75, 3.05) is 21.1 Å². The van der Waals surface area contributed by atoms with Crippen LogP contribution in [0.3, 0.4) is 0 Å². The van der Waals surface area contributed by atoms with Crippen LogP contribution in [0.5, 0.6) is 0 Å². The Bertz CT molecular complexity index is 416. The van der Waals surface area contributed by atoms with Gasteiger partial charge in [-0.2, -0.15) is 0 Å². The summed E-state index contributed by atoms with van der Waals surface area (Å²) in [5, 5.41) is 3.62. The third kappa shape index (κ3) is 3.67. The molecule has 0 bridgehead atoms. The molecule has 2 rings (SSSR count). The SMILES string of the molecule is CNC(CCc1nccn1C)C1(N(C)C)CCCCCC1. The maximum atomic E-state index is 4.47. The van der Waals surface area contributed by atoms with E-state index >= 15 is 0 Å². The van der Waals surface area contributed by atoms with Gasteiger partial charge in [0.15, 0.2) is 0 Å². The Morgan fingerprint density at radius 3 is 2.43 bits per heavy atom. The van der Waals surface area contributed by atoms with Crippen LogP contribution in [0.25, 0.3) is 0 Å². The topological polar surface area (TPSA) is 33.1 Å². The maximum absolute atomic E-state index is 4.47. The molecule has 1 aromatic heterocycles. The van der Waals surface area contributed by atoms with Gasteiger partial charge in [0.1, 0.15) is 5.82 Å². The third-order valence-electron chi connectivity index (χ3n) is 5.43. The van der Waals surface area contributed by atoms with Crippen LogP contribution in [0.1, 0.15) is 50.8 Å². The molecule has 1 unspecified atom stereocenters. The van der Waals surface area contributed by atoms with Gasteiger partial charge in [-0.25, -0.2) is 4.98 Å². The molecule has 0 aromatic carbocycles. The molecule has 0 saturated heterocycles. The van der Waals surface area contributed by atoms with Crippen LogP contribution in [0.15, 0.2) is 12.4 Å². The number of rotatable bonds is 6. The van der Waals surface area contributed by atoms with E-state index in [1.165, 1.54) is 44.3 Å². The normalized spacial score (nSPS) is 20.4. The van der Waals surface area contributed by atoms with Gasteiger partial charge in [-0.1, -0.05) is 25.7 Å². The van der Waals surface area contributed by atoms with Crippen molar-refractivity contribution in [3.63, 3.8) is 0 Å². The Kier molecular flexibility index (Phi) is 5.82. The third-order valence-corrected chi connectivity index (χ3v) is 5.43. The predicted octanol–water partition coefficient (Wildman–Crippen LogP) is 2.60. The first kappa shape index (κ1) is 16.5. The van der Waals surface area contributed by atoms with Crippen molar-refractivity contribution in [2.24, 2.45) is 7.05 Å². The molecule has 4 heteroatoms. The Labute approximate surface area is 129 Å². The van der Waals surface area contributed by atoms with Crippen LogP contribution in [-0.2, 0) is 13.5 Å². The van der Waals surface area contributed by atoms with E-state index in [-0.39, 0.29) is 0 Å². The Hall–Kier alpha value is -0.870. The van der Waals surface area contributed by atoms with E-state index in [4.69, 9.17) is 0 Å². The number of likely N-dealkylation sites (N-methyl/N-ethyl adjacent to an activating group) is 2. The van der Waals surface area contributed by atoms with E-state index < -0.39 is 0 Å². The fourth-order valence-electron chi connectivity index (χ4n) is 4.04. The average Bonchev–Trinajstić information content (AvgIpc) is 2.73. The van der Waals surface area contributed by atoms with Gasteiger partial charge in [-0.15, -0.1) is 0 Å². The number of aryl methyl sites for hydroxylation is 2. The fraction of sp³-hybridized carbons (Fsp3) is 0.824. The summed E-state index contributed by atoms with van der Waals surface area (Å²) in [5.74, 6) is 1.19. The van der Waals surface area contributed by atoms with Gasteiger partial charge in [0, 0.05) is 37.4 Å². The minimum Gasteiger partial charge on any atom is -0.338 e. The van der Waals surface area contributed by atoms with E-state index in [9.17, 15) is 0 Å². The number of hydrogen-bond donors (Lipinski definition) is 1. The van der Waals surface area contributed by atoms with Crippen molar-refractivity contribution < 1.29 is 0 Å². The van der Waals surface area contributed by atoms with E-state index in [1.807, 2.05) is 12.4 Å². The summed E-state index contributed by atoms with van der Waals surface area (Å²) in [7, 11) is 8.73. The largest absolute Gasteiger partial charge is 0.338 e. The number of aromatic nitrogens is 2. The molecule has 0 spiro atoms. The molecule has 1 atom stereocenters. The monoisotopic (exact) mass is 292 g/mol. The van der Waals surface area contributed by atoms with E-state index in [1.54, 1.807) is 0 Å². The van der Waals surface area contributed by atoms with Gasteiger partial charge in [-0.3, -0.25) is 0 Å². The van der Waals surface area contributed by atoms with Gasteiger partial charge in [0.05, 0.1) is 0 Å². The zero-order valence-electron chi connectivity index (χ0n) is 14.2. The molecule has 1 saturated carbocycles. The molecule has 1 aromatic rings. The lowest BCUT2D eigenvalue weighted by molar-refractivity contribution is 0.0795. The van der Waals surface area contributed by atoms with Crippen LogP contribution < -0.4 is 5.32 Å². The zero-order chi connectivity index (χ0) is 15.3. The van der Waals surface area contributed by atoms with Crippen LogP contribution in [0.2, 0.25) is 0 Å². The molecular weight excluding hydrogens is 260 g/mol. The minimum absolute atomic E-state index is 0.302. The molecule has 4 nitrogen and oxygen atoms in total. The standard InChI is InChI=1S/C17H32N4/c1-18-15(9-10-16-19-13-14-21(16)4)17(20(2)3)11-7-5-6-8-12-17/h13-15,18H,5-12H2,1-4H3. The summed E-state index contributed by atoms with van der Waals surface area (Å²) >= 11 is 0. The lowest BCUT2D eigenvalue weighted by Gasteiger charge is -2.46. The van der Waals surface area contributed by atoms with E-state index in [0.717, 1.165) is 12.8 Å². The second-order valence-corrected chi connectivity index (χ2v) is 6.75. The molecule has 1 aliphatic carbocycles. The van der Waals surface area contributed by atoms with Crippen molar-refractivity contribution in [3.8, 4) is 0 Å². The number of nitrogens with zero attached hydrogens (tertiary/aromatic N) is 3. The molecule has 1 aliphatic rings. The van der Waals surface area contributed by atoms with Crippen LogP contribution in [0.4, 0.5) is 0 Å². The van der Waals surface area contributed by atoms with Gasteiger partial charge < -0.3 is 14.8 Å². The molecule has 0 aliphatic heterocycles. The number of imidazole rings is 1. The molecule has 120 valence electrons. The highest BCUT2D eigenvalue weighted by molar-refractivity contribution is 5.01. The van der Waals surface area contributed by atoms with Crippen molar-refractivity contribution in [1.29, 1.82) is 0 Å². The highest BCUT2D eigenvalue weighted by Gasteiger charge is 2.39. The summed E-state index contributed by atoms with van der Waals surface area (Å²) in [4.78, 5) is 6.96. The number of nitrogens with one attached hydrogen (secondary N) is 1. The minimum atomic E-state index is 0.302. The lowest BCUT2D eigenvalue weighted by Crippen LogP contribution is -2.58. The van der Waals surface area contributed by atoms with Gasteiger partial charge in [0.25, 0.3) is 0 Å². The second kappa shape index (κ2) is 7.41. The fourth-order valence-corrected chi connectivity index (χ4v) is 4.04. The molecular formula is C17H32N4. The lowest BCUT2D eigenvalue weighted by atomic mass is 9.79. The predicted molar refractivity (Wildman–Crippen MR) is 88.5 cm³/mol. The van der Waals surface area contributed by atoms with Crippen LogP contribution >= 0.6 is 0 Å². The maximum Gasteiger partial charge on any atom is 0.108 e. The summed E-state index contributed by atoms with van der Waals surface area (Å²) in [6, 6.07) is 0.530. The van der Waals surface area contributed by atoms with Gasteiger partial charge >= 0.3 is 0 Å². The van der Waals surface area contributed by atoms with Gasteiger partial charge in [-0.05, 0) is 40.4 Å². The molecule has 0 amide bonds. The second-order valence-electron chi connectivity index (χ2n) is 6.75. The van der Waals surface area contributed by atoms with Crippen molar-refractivity contribution in [1.82, 2.24) is 19.8 Å². The highest BCUT2D eigenvalue weighted by Crippen LogP contribution is 2.35. The van der Waals surface area contributed by atoms with Crippen molar-refractivity contribution in [3.05, 3.63) is 18.2 Å². The first-order valence-corrected chi connectivity index (χ1v) is 8.41. The Morgan fingerprint density at radius 1 is 1.29 bits per heavy atom. The first-order chi connectivity index (χ1) is 10.1. The smallest absolute Gasteiger partial charge is 0.108 e. The Morgan fingerprint density at radius 2 is 1.95 bits per heavy atom. The summed E-state index contributed by atoms with van der Waals surface area (Å²) in [6.45, 7) is 0.